The number of aromatic nitrogens is 1. The molecule has 0 saturated heterocycles. The van der Waals surface area contributed by atoms with Crippen LogP contribution in [0.5, 0.6) is 0 Å². The van der Waals surface area contributed by atoms with E-state index in [0.29, 0.717) is 0 Å². The Morgan fingerprint density at radius 1 is 1.08 bits per heavy atom. The Balaban J connectivity index is 2.97. The lowest BCUT2D eigenvalue weighted by atomic mass is 10.0. The maximum Gasteiger partial charge on any atom is 0.0736 e. The van der Waals surface area contributed by atoms with Gasteiger partial charge in [-0.3, -0.25) is 4.98 Å². The number of hydrogen-bond acceptors (Lipinski definition) is 1. The molecule has 1 aromatic heterocycles. The van der Waals surface area contributed by atoms with Crippen LogP contribution in [0.3, 0.4) is 0 Å². The third-order valence-electron chi connectivity index (χ3n) is 2.61. The largest absolute Gasteiger partial charge is 0.256 e. The van der Waals surface area contributed by atoms with Crippen LogP contribution in [0.1, 0.15) is 16.7 Å². The fraction of sp³-hybridized carbons (Fsp3) is 0.250. The van der Waals surface area contributed by atoms with Gasteiger partial charge in [0.1, 0.15) is 0 Å². The Hall–Kier alpha value is -1.37. The summed E-state index contributed by atoms with van der Waals surface area (Å²) in [6, 6.07) is 6.34. The molecule has 2 rings (SSSR count). The summed E-state index contributed by atoms with van der Waals surface area (Å²) in [6.07, 6.45) is 1.86. The van der Waals surface area contributed by atoms with Crippen molar-refractivity contribution in [1.82, 2.24) is 4.98 Å². The molecule has 2 aromatic rings. The molecule has 13 heavy (non-hydrogen) atoms. The molecule has 0 unspecified atom stereocenters. The van der Waals surface area contributed by atoms with E-state index in [1.807, 2.05) is 12.3 Å². The summed E-state index contributed by atoms with van der Waals surface area (Å²) < 4.78 is 0. The highest BCUT2D eigenvalue weighted by molar-refractivity contribution is 5.85. The highest BCUT2D eigenvalue weighted by Gasteiger charge is 2.03. The lowest BCUT2D eigenvalue weighted by Gasteiger charge is -2.07. The fourth-order valence-corrected chi connectivity index (χ4v) is 1.72. The Kier molecular flexibility index (Phi) is 1.80. The summed E-state index contributed by atoms with van der Waals surface area (Å²) in [4.78, 5) is 4.40. The van der Waals surface area contributed by atoms with Gasteiger partial charge in [0.25, 0.3) is 0 Å². The van der Waals surface area contributed by atoms with Gasteiger partial charge in [0.05, 0.1) is 5.52 Å². The molecule has 1 nitrogen and oxygen atoms in total. The van der Waals surface area contributed by atoms with Crippen LogP contribution in [0.25, 0.3) is 10.9 Å². The minimum Gasteiger partial charge on any atom is -0.256 e. The summed E-state index contributed by atoms with van der Waals surface area (Å²) in [7, 11) is 0. The number of hydrogen-bond donors (Lipinski definition) is 0. The maximum atomic E-state index is 4.40. The highest BCUT2D eigenvalue weighted by atomic mass is 14.6. The molecule has 0 radical (unpaired) electrons. The Morgan fingerprint density at radius 3 is 2.62 bits per heavy atom. The molecule has 0 N–H and O–H groups in total. The van der Waals surface area contributed by atoms with E-state index in [-0.39, 0.29) is 0 Å². The number of rotatable bonds is 0. The van der Waals surface area contributed by atoms with Crippen LogP contribution in [0.15, 0.2) is 24.4 Å². The van der Waals surface area contributed by atoms with E-state index in [4.69, 9.17) is 0 Å². The van der Waals surface area contributed by atoms with Gasteiger partial charge in [0, 0.05) is 11.6 Å². The molecule has 0 aliphatic rings. The minimum atomic E-state index is 1.14. The normalized spacial score (nSPS) is 10.7. The van der Waals surface area contributed by atoms with E-state index in [1.165, 1.54) is 22.1 Å². The summed E-state index contributed by atoms with van der Waals surface area (Å²) in [6.45, 7) is 6.40. The predicted molar refractivity (Wildman–Crippen MR) is 56.0 cm³/mol. The average Bonchev–Trinajstić information content (AvgIpc) is 2.15. The van der Waals surface area contributed by atoms with Gasteiger partial charge < -0.3 is 0 Å². The van der Waals surface area contributed by atoms with Crippen molar-refractivity contribution in [2.45, 2.75) is 20.8 Å². The Labute approximate surface area is 78.4 Å². The van der Waals surface area contributed by atoms with Gasteiger partial charge in [0.2, 0.25) is 0 Å². The van der Waals surface area contributed by atoms with Gasteiger partial charge in [-0.25, -0.2) is 0 Å². The second-order valence-corrected chi connectivity index (χ2v) is 3.53. The molecule has 0 aliphatic heterocycles. The molecule has 0 saturated carbocycles. The zero-order chi connectivity index (χ0) is 9.42. The van der Waals surface area contributed by atoms with E-state index in [2.05, 4.69) is 37.9 Å². The van der Waals surface area contributed by atoms with E-state index in [1.54, 1.807) is 0 Å². The number of aryl methyl sites for hydroxylation is 3. The first kappa shape index (κ1) is 8.24. The summed E-state index contributed by atoms with van der Waals surface area (Å²) >= 11 is 0. The zero-order valence-corrected chi connectivity index (χ0v) is 8.26. The quantitative estimate of drug-likeness (QED) is 0.593. The van der Waals surface area contributed by atoms with Gasteiger partial charge >= 0.3 is 0 Å². The second-order valence-electron chi connectivity index (χ2n) is 3.53. The van der Waals surface area contributed by atoms with Crippen LogP contribution < -0.4 is 0 Å². The van der Waals surface area contributed by atoms with E-state index >= 15 is 0 Å². The molecule has 0 atom stereocenters. The summed E-state index contributed by atoms with van der Waals surface area (Å²) in [5, 5.41) is 1.27. The topological polar surface area (TPSA) is 12.9 Å². The van der Waals surface area contributed by atoms with Crippen molar-refractivity contribution in [3.05, 3.63) is 41.1 Å². The van der Waals surface area contributed by atoms with Crippen molar-refractivity contribution in [3.8, 4) is 0 Å². The zero-order valence-electron chi connectivity index (χ0n) is 8.26. The standard InChI is InChI=1S/C12H13N/c1-8-7-9(2)11-5-4-6-13-12(11)10(8)3/h4-7H,1-3H3. The van der Waals surface area contributed by atoms with Gasteiger partial charge in [-0.15, -0.1) is 0 Å². The fourth-order valence-electron chi connectivity index (χ4n) is 1.72. The highest BCUT2D eigenvalue weighted by Crippen LogP contribution is 2.22. The predicted octanol–water partition coefficient (Wildman–Crippen LogP) is 3.16. The van der Waals surface area contributed by atoms with Crippen LogP contribution in [0.2, 0.25) is 0 Å². The van der Waals surface area contributed by atoms with E-state index in [0.717, 1.165) is 5.52 Å². The van der Waals surface area contributed by atoms with Crippen molar-refractivity contribution in [3.63, 3.8) is 0 Å². The summed E-state index contributed by atoms with van der Waals surface area (Å²) in [5.74, 6) is 0. The third-order valence-corrected chi connectivity index (χ3v) is 2.61. The van der Waals surface area contributed by atoms with Crippen molar-refractivity contribution < 1.29 is 0 Å². The molecule has 0 bridgehead atoms. The first-order valence-corrected chi connectivity index (χ1v) is 4.51. The van der Waals surface area contributed by atoms with Crippen LogP contribution in [0, 0.1) is 20.8 Å². The molecular weight excluding hydrogens is 158 g/mol. The first-order chi connectivity index (χ1) is 6.20. The van der Waals surface area contributed by atoms with Gasteiger partial charge in [-0.05, 0) is 43.5 Å². The minimum absolute atomic E-state index is 1.14. The second kappa shape index (κ2) is 2.84. The molecule has 0 spiro atoms. The van der Waals surface area contributed by atoms with Crippen molar-refractivity contribution in [1.29, 1.82) is 0 Å². The van der Waals surface area contributed by atoms with Gasteiger partial charge in [0.15, 0.2) is 0 Å². The molecule has 66 valence electrons. The smallest absolute Gasteiger partial charge is 0.0736 e. The molecule has 1 heteroatoms. The maximum absolute atomic E-state index is 4.40. The first-order valence-electron chi connectivity index (χ1n) is 4.51. The van der Waals surface area contributed by atoms with Crippen LogP contribution >= 0.6 is 0 Å². The van der Waals surface area contributed by atoms with Crippen LogP contribution in [-0.4, -0.2) is 4.98 Å². The number of pyridine rings is 1. The summed E-state index contributed by atoms with van der Waals surface area (Å²) in [5.41, 5.74) is 5.07. The molecule has 0 amide bonds. The van der Waals surface area contributed by atoms with Crippen LogP contribution in [-0.2, 0) is 0 Å². The van der Waals surface area contributed by atoms with E-state index in [9.17, 15) is 0 Å². The lowest BCUT2D eigenvalue weighted by Crippen LogP contribution is -1.89. The third kappa shape index (κ3) is 1.21. The SMILES string of the molecule is Cc1cc(C)c2cccnc2c1C. The Morgan fingerprint density at radius 2 is 1.85 bits per heavy atom. The number of benzene rings is 1. The molecule has 0 aliphatic carbocycles. The average molecular weight is 171 g/mol. The Bertz CT molecular complexity index is 458. The van der Waals surface area contributed by atoms with E-state index < -0.39 is 0 Å². The lowest BCUT2D eigenvalue weighted by molar-refractivity contribution is 1.29. The van der Waals surface area contributed by atoms with Crippen molar-refractivity contribution in [2.24, 2.45) is 0 Å². The van der Waals surface area contributed by atoms with Gasteiger partial charge in [-0.1, -0.05) is 12.1 Å². The molecule has 1 aromatic carbocycles. The number of nitrogens with zero attached hydrogens (tertiary/aromatic N) is 1. The van der Waals surface area contributed by atoms with Gasteiger partial charge in [-0.2, -0.15) is 0 Å². The van der Waals surface area contributed by atoms with Crippen LogP contribution in [0.4, 0.5) is 0 Å². The number of fused-ring (bicyclic) bond motifs is 1. The molecule has 0 fully saturated rings. The van der Waals surface area contributed by atoms with Crippen molar-refractivity contribution >= 4 is 10.9 Å². The molecular formula is C12H13N. The van der Waals surface area contributed by atoms with Crippen molar-refractivity contribution in [2.75, 3.05) is 0 Å². The monoisotopic (exact) mass is 171 g/mol. The molecule has 1 heterocycles.